The van der Waals surface area contributed by atoms with Crippen molar-refractivity contribution in [2.24, 2.45) is 0 Å². The second-order valence-electron chi connectivity index (χ2n) is 4.18. The summed E-state index contributed by atoms with van der Waals surface area (Å²) in [5.41, 5.74) is 1.34. The van der Waals surface area contributed by atoms with Gasteiger partial charge in [-0.3, -0.25) is 4.79 Å². The summed E-state index contributed by atoms with van der Waals surface area (Å²) >= 11 is 0. The zero-order valence-electron chi connectivity index (χ0n) is 10.4. The van der Waals surface area contributed by atoms with Crippen molar-refractivity contribution >= 4 is 17.6 Å². The fraction of sp³-hybridized carbons (Fsp3) is 0.308. The van der Waals surface area contributed by atoms with E-state index in [9.17, 15) is 9.59 Å². The van der Waals surface area contributed by atoms with Crippen LogP contribution in [0.5, 0.6) is 0 Å². The molecule has 1 N–H and O–H groups in total. The van der Waals surface area contributed by atoms with Gasteiger partial charge in [0, 0.05) is 12.2 Å². The lowest BCUT2D eigenvalue weighted by atomic mass is 10.1. The molecule has 0 radical (unpaired) electrons. The van der Waals surface area contributed by atoms with Crippen molar-refractivity contribution in [3.63, 3.8) is 0 Å². The van der Waals surface area contributed by atoms with Crippen LogP contribution in [0.15, 0.2) is 24.3 Å². The Morgan fingerprint density at radius 2 is 2.16 bits per heavy atom. The number of esters is 1. The molecule has 0 aromatic heterocycles. The van der Waals surface area contributed by atoms with Crippen molar-refractivity contribution < 1.29 is 14.3 Å². The van der Waals surface area contributed by atoms with Crippen molar-refractivity contribution in [3.8, 4) is 6.07 Å². The zero-order valence-corrected chi connectivity index (χ0v) is 10.4. The summed E-state index contributed by atoms with van der Waals surface area (Å²) in [5.74, 6) is -0.697. The predicted octanol–water partition coefficient (Wildman–Crippen LogP) is 0.0361. The van der Waals surface area contributed by atoms with Crippen LogP contribution in [0.25, 0.3) is 0 Å². The van der Waals surface area contributed by atoms with Crippen LogP contribution in [0.1, 0.15) is 5.56 Å². The lowest BCUT2D eigenvalue weighted by Gasteiger charge is -2.33. The highest BCUT2D eigenvalue weighted by molar-refractivity contribution is 5.89. The molecule has 1 aliphatic rings. The van der Waals surface area contributed by atoms with E-state index in [0.29, 0.717) is 12.1 Å². The molecular formula is C13H13N3O3. The molecule has 0 bridgehead atoms. The summed E-state index contributed by atoms with van der Waals surface area (Å²) in [5, 5.41) is 11.3. The van der Waals surface area contributed by atoms with E-state index in [1.165, 1.54) is 7.11 Å². The minimum absolute atomic E-state index is 0.180. The molecular weight excluding hydrogens is 246 g/mol. The van der Waals surface area contributed by atoms with Gasteiger partial charge in [0.15, 0.2) is 0 Å². The van der Waals surface area contributed by atoms with Crippen LogP contribution in [0.2, 0.25) is 0 Å². The highest BCUT2D eigenvalue weighted by atomic mass is 16.5. The summed E-state index contributed by atoms with van der Waals surface area (Å²) in [4.78, 5) is 24.9. The Balaban J connectivity index is 2.16. The standard InChI is InChI=1S/C13H13N3O3/c1-19-13(18)11-7-16(8-12(17)15-11)10-4-2-9(6-14)3-5-10/h2-5,11H,7-8H2,1H3,(H,15,17). The van der Waals surface area contributed by atoms with E-state index in [-0.39, 0.29) is 12.5 Å². The van der Waals surface area contributed by atoms with E-state index in [1.54, 1.807) is 29.2 Å². The molecule has 6 heteroatoms. The summed E-state index contributed by atoms with van der Waals surface area (Å²) < 4.78 is 4.64. The van der Waals surface area contributed by atoms with Gasteiger partial charge in [-0.15, -0.1) is 0 Å². The molecule has 98 valence electrons. The van der Waals surface area contributed by atoms with Gasteiger partial charge in [0.1, 0.15) is 6.04 Å². The molecule has 0 spiro atoms. The van der Waals surface area contributed by atoms with Gasteiger partial charge < -0.3 is 15.0 Å². The third-order valence-corrected chi connectivity index (χ3v) is 2.92. The molecule has 1 aromatic carbocycles. The Morgan fingerprint density at radius 1 is 1.47 bits per heavy atom. The van der Waals surface area contributed by atoms with Crippen LogP contribution in [-0.4, -0.2) is 38.1 Å². The number of piperazine rings is 1. The highest BCUT2D eigenvalue weighted by Gasteiger charge is 2.30. The number of anilines is 1. The number of nitrogens with zero attached hydrogens (tertiary/aromatic N) is 2. The number of nitriles is 1. The van der Waals surface area contributed by atoms with E-state index in [2.05, 4.69) is 10.1 Å². The first-order chi connectivity index (χ1) is 9.13. The first-order valence-electron chi connectivity index (χ1n) is 5.76. The van der Waals surface area contributed by atoms with Crippen molar-refractivity contribution in [3.05, 3.63) is 29.8 Å². The van der Waals surface area contributed by atoms with E-state index in [4.69, 9.17) is 5.26 Å². The van der Waals surface area contributed by atoms with Crippen LogP contribution in [-0.2, 0) is 14.3 Å². The largest absolute Gasteiger partial charge is 0.467 e. The van der Waals surface area contributed by atoms with Crippen LogP contribution >= 0.6 is 0 Å². The second-order valence-corrected chi connectivity index (χ2v) is 4.18. The molecule has 19 heavy (non-hydrogen) atoms. The summed E-state index contributed by atoms with van der Waals surface area (Å²) in [6.07, 6.45) is 0. The molecule has 1 amide bonds. The molecule has 1 aliphatic heterocycles. The van der Waals surface area contributed by atoms with Crippen LogP contribution in [0, 0.1) is 11.3 Å². The van der Waals surface area contributed by atoms with Gasteiger partial charge in [-0.2, -0.15) is 5.26 Å². The van der Waals surface area contributed by atoms with Crippen molar-refractivity contribution in [2.45, 2.75) is 6.04 Å². The number of carbonyl (C=O) groups is 2. The van der Waals surface area contributed by atoms with E-state index < -0.39 is 12.0 Å². The number of rotatable bonds is 2. The molecule has 0 aliphatic carbocycles. The summed E-state index contributed by atoms with van der Waals surface area (Å²) in [6.45, 7) is 0.531. The fourth-order valence-electron chi connectivity index (χ4n) is 1.96. The van der Waals surface area contributed by atoms with Gasteiger partial charge in [-0.05, 0) is 24.3 Å². The normalized spacial score (nSPS) is 18.4. The van der Waals surface area contributed by atoms with Crippen molar-refractivity contribution in [1.82, 2.24) is 5.32 Å². The number of methoxy groups -OCH3 is 1. The monoisotopic (exact) mass is 259 g/mol. The molecule has 1 atom stereocenters. The van der Waals surface area contributed by atoms with Crippen LogP contribution < -0.4 is 10.2 Å². The maximum Gasteiger partial charge on any atom is 0.330 e. The van der Waals surface area contributed by atoms with Gasteiger partial charge in [-0.25, -0.2) is 4.79 Å². The summed E-state index contributed by atoms with van der Waals surface area (Å²) in [6, 6.07) is 8.23. The Morgan fingerprint density at radius 3 is 2.74 bits per heavy atom. The van der Waals surface area contributed by atoms with E-state index in [1.807, 2.05) is 6.07 Å². The van der Waals surface area contributed by atoms with E-state index >= 15 is 0 Å². The maximum atomic E-state index is 11.6. The minimum Gasteiger partial charge on any atom is -0.467 e. The lowest BCUT2D eigenvalue weighted by Crippen LogP contribution is -2.57. The Labute approximate surface area is 110 Å². The molecule has 2 rings (SSSR count). The predicted molar refractivity (Wildman–Crippen MR) is 67.3 cm³/mol. The number of carbonyl (C=O) groups excluding carboxylic acids is 2. The second kappa shape index (κ2) is 5.40. The third kappa shape index (κ3) is 2.83. The van der Waals surface area contributed by atoms with E-state index in [0.717, 1.165) is 5.69 Å². The molecule has 1 aromatic rings. The molecule has 0 saturated carbocycles. The Hall–Kier alpha value is -2.55. The number of ether oxygens (including phenoxy) is 1. The van der Waals surface area contributed by atoms with Crippen LogP contribution in [0.4, 0.5) is 5.69 Å². The molecule has 1 unspecified atom stereocenters. The Kier molecular flexibility index (Phi) is 3.66. The topological polar surface area (TPSA) is 82.4 Å². The van der Waals surface area contributed by atoms with Gasteiger partial charge in [-0.1, -0.05) is 0 Å². The number of nitrogens with one attached hydrogen (secondary N) is 1. The smallest absolute Gasteiger partial charge is 0.330 e. The molecule has 1 fully saturated rings. The van der Waals surface area contributed by atoms with Crippen LogP contribution in [0.3, 0.4) is 0 Å². The average molecular weight is 259 g/mol. The lowest BCUT2D eigenvalue weighted by molar-refractivity contribution is -0.145. The summed E-state index contributed by atoms with van der Waals surface area (Å²) in [7, 11) is 1.29. The zero-order chi connectivity index (χ0) is 13.8. The van der Waals surface area contributed by atoms with Gasteiger partial charge in [0.05, 0.1) is 25.3 Å². The number of amides is 1. The van der Waals surface area contributed by atoms with Gasteiger partial charge in [0.25, 0.3) is 0 Å². The van der Waals surface area contributed by atoms with Gasteiger partial charge in [0.2, 0.25) is 5.91 Å². The van der Waals surface area contributed by atoms with Crippen molar-refractivity contribution in [2.75, 3.05) is 25.1 Å². The number of hydrogen-bond donors (Lipinski definition) is 1. The van der Waals surface area contributed by atoms with Crippen molar-refractivity contribution in [1.29, 1.82) is 5.26 Å². The maximum absolute atomic E-state index is 11.6. The minimum atomic E-state index is -0.665. The quantitative estimate of drug-likeness (QED) is 0.758. The first kappa shape index (κ1) is 12.9. The fourth-order valence-corrected chi connectivity index (χ4v) is 1.96. The third-order valence-electron chi connectivity index (χ3n) is 2.92. The number of benzene rings is 1. The molecule has 1 saturated heterocycles. The average Bonchev–Trinajstić information content (AvgIpc) is 2.45. The van der Waals surface area contributed by atoms with Gasteiger partial charge >= 0.3 is 5.97 Å². The highest BCUT2D eigenvalue weighted by Crippen LogP contribution is 2.17. The molecule has 1 heterocycles. The number of hydrogen-bond acceptors (Lipinski definition) is 5. The Bertz CT molecular complexity index is 533. The SMILES string of the molecule is COC(=O)C1CN(c2ccc(C#N)cc2)CC(=O)N1. The molecule has 6 nitrogen and oxygen atoms in total. The first-order valence-corrected chi connectivity index (χ1v) is 5.76.